The van der Waals surface area contributed by atoms with Crippen LogP contribution in [-0.4, -0.2) is 25.0 Å². The van der Waals surface area contributed by atoms with Gasteiger partial charge in [0.2, 0.25) is 5.91 Å². The zero-order valence-electron chi connectivity index (χ0n) is 12.8. The first-order chi connectivity index (χ1) is 11.5. The van der Waals surface area contributed by atoms with Crippen molar-refractivity contribution in [1.29, 1.82) is 0 Å². The average Bonchev–Trinajstić information content (AvgIpc) is 2.83. The highest BCUT2D eigenvalue weighted by atomic mass is 79.9. The van der Waals surface area contributed by atoms with Crippen molar-refractivity contribution in [3.05, 3.63) is 52.0 Å². The van der Waals surface area contributed by atoms with E-state index >= 15 is 0 Å². The Balaban J connectivity index is 1.79. The van der Waals surface area contributed by atoms with E-state index in [-0.39, 0.29) is 18.2 Å². The van der Waals surface area contributed by atoms with Gasteiger partial charge in [0.05, 0.1) is 24.2 Å². The summed E-state index contributed by atoms with van der Waals surface area (Å²) in [5.41, 5.74) is 1.22. The molecule has 2 amide bonds. The quantitative estimate of drug-likeness (QED) is 0.779. The topological polar surface area (TPSA) is 58.6 Å². The van der Waals surface area contributed by atoms with Gasteiger partial charge in [0.1, 0.15) is 11.8 Å². The molecule has 1 heterocycles. The average molecular weight is 410 g/mol. The van der Waals surface area contributed by atoms with Crippen LogP contribution in [0.1, 0.15) is 6.42 Å². The molecule has 124 valence electrons. The summed E-state index contributed by atoms with van der Waals surface area (Å²) in [5.74, 6) is 0.0289. The fourth-order valence-electron chi connectivity index (χ4n) is 2.56. The van der Waals surface area contributed by atoms with E-state index in [1.165, 1.54) is 12.0 Å². The minimum atomic E-state index is -0.620. The smallest absolute Gasteiger partial charge is 0.256 e. The summed E-state index contributed by atoms with van der Waals surface area (Å²) in [6.45, 7) is 0. The fraction of sp³-hybridized carbons (Fsp3) is 0.176. The molecule has 0 saturated carbocycles. The third kappa shape index (κ3) is 3.25. The van der Waals surface area contributed by atoms with E-state index in [9.17, 15) is 9.59 Å². The molecule has 1 saturated heterocycles. The van der Waals surface area contributed by atoms with Crippen LogP contribution in [0.5, 0.6) is 5.75 Å². The molecule has 2 aromatic carbocycles. The minimum absolute atomic E-state index is 0.0958. The number of nitrogens with one attached hydrogen (secondary N) is 1. The first-order valence-electron chi connectivity index (χ1n) is 7.22. The third-order valence-electron chi connectivity index (χ3n) is 3.72. The van der Waals surface area contributed by atoms with E-state index in [1.54, 1.807) is 42.5 Å². The number of hydrogen-bond donors (Lipinski definition) is 1. The molecule has 0 spiro atoms. The Morgan fingerprint density at radius 3 is 2.54 bits per heavy atom. The predicted molar refractivity (Wildman–Crippen MR) is 96.7 cm³/mol. The van der Waals surface area contributed by atoms with Crippen molar-refractivity contribution < 1.29 is 14.3 Å². The first-order valence-corrected chi connectivity index (χ1v) is 8.39. The Morgan fingerprint density at radius 1 is 1.21 bits per heavy atom. The number of rotatable bonds is 4. The number of nitrogens with zero attached hydrogens (tertiary/aromatic N) is 1. The SMILES string of the molecule is COc1ccc(N[C@@H]2CC(=O)N(c3ccc(Br)cc3)C2=O)cc1Cl. The Labute approximate surface area is 152 Å². The molecule has 1 aliphatic rings. The number of benzene rings is 2. The molecule has 1 N–H and O–H groups in total. The van der Waals surface area contributed by atoms with Crippen LogP contribution in [0.2, 0.25) is 5.02 Å². The third-order valence-corrected chi connectivity index (χ3v) is 4.55. The molecule has 2 aromatic rings. The Bertz CT molecular complexity index is 795. The van der Waals surface area contributed by atoms with Crippen molar-refractivity contribution in [2.45, 2.75) is 12.5 Å². The van der Waals surface area contributed by atoms with Crippen molar-refractivity contribution in [2.24, 2.45) is 0 Å². The number of hydrogen-bond acceptors (Lipinski definition) is 4. The lowest BCUT2D eigenvalue weighted by atomic mass is 10.2. The highest BCUT2D eigenvalue weighted by Crippen LogP contribution is 2.30. The molecule has 7 heteroatoms. The van der Waals surface area contributed by atoms with E-state index < -0.39 is 6.04 Å². The number of ether oxygens (including phenoxy) is 1. The maximum absolute atomic E-state index is 12.6. The second-order valence-corrected chi connectivity index (χ2v) is 6.62. The van der Waals surface area contributed by atoms with Crippen LogP contribution in [0.15, 0.2) is 46.9 Å². The summed E-state index contributed by atoms with van der Waals surface area (Å²) in [7, 11) is 1.53. The molecular weight excluding hydrogens is 396 g/mol. The van der Waals surface area contributed by atoms with Crippen LogP contribution in [0, 0.1) is 0 Å². The number of imide groups is 1. The molecule has 0 bridgehead atoms. The molecule has 1 fully saturated rings. The van der Waals surface area contributed by atoms with E-state index in [0.29, 0.717) is 22.1 Å². The van der Waals surface area contributed by atoms with Gasteiger partial charge in [-0.05, 0) is 42.5 Å². The second kappa shape index (κ2) is 6.83. The molecule has 24 heavy (non-hydrogen) atoms. The van der Waals surface area contributed by atoms with E-state index in [1.807, 2.05) is 0 Å². The second-order valence-electron chi connectivity index (χ2n) is 5.29. The minimum Gasteiger partial charge on any atom is -0.495 e. The van der Waals surface area contributed by atoms with Gasteiger partial charge in [0.25, 0.3) is 5.91 Å². The summed E-state index contributed by atoms with van der Waals surface area (Å²) >= 11 is 9.42. The fourth-order valence-corrected chi connectivity index (χ4v) is 3.09. The molecule has 3 rings (SSSR count). The lowest BCUT2D eigenvalue weighted by molar-refractivity contribution is -0.121. The zero-order chi connectivity index (χ0) is 17.3. The first kappa shape index (κ1) is 16.8. The number of methoxy groups -OCH3 is 1. The summed E-state index contributed by atoms with van der Waals surface area (Å²) in [6.07, 6.45) is 0.0958. The number of halogens is 2. The number of anilines is 2. The lowest BCUT2D eigenvalue weighted by Crippen LogP contribution is -2.34. The van der Waals surface area contributed by atoms with Crippen LogP contribution >= 0.6 is 27.5 Å². The molecule has 0 aliphatic carbocycles. The Morgan fingerprint density at radius 2 is 1.92 bits per heavy atom. The van der Waals surface area contributed by atoms with E-state index in [2.05, 4.69) is 21.2 Å². The molecule has 0 radical (unpaired) electrons. The van der Waals surface area contributed by atoms with Crippen molar-refractivity contribution in [3.8, 4) is 5.75 Å². The standard InChI is InChI=1S/C17H14BrClN2O3/c1-24-15-7-4-11(8-13(15)19)20-14-9-16(22)21(17(14)23)12-5-2-10(18)3-6-12/h2-8,14,20H,9H2,1H3/t14-/m1/s1. The number of carbonyl (C=O) groups excluding carboxylic acids is 2. The van der Waals surface area contributed by atoms with Gasteiger partial charge in [0.15, 0.2) is 0 Å². The predicted octanol–water partition coefficient (Wildman–Crippen LogP) is 3.86. The highest BCUT2D eigenvalue weighted by molar-refractivity contribution is 9.10. The Hall–Kier alpha value is -2.05. The summed E-state index contributed by atoms with van der Waals surface area (Å²) in [5, 5.41) is 3.50. The van der Waals surface area contributed by atoms with Gasteiger partial charge in [-0.3, -0.25) is 9.59 Å². The van der Waals surface area contributed by atoms with Gasteiger partial charge >= 0.3 is 0 Å². The van der Waals surface area contributed by atoms with Crippen molar-refractivity contribution in [2.75, 3.05) is 17.3 Å². The van der Waals surface area contributed by atoms with Gasteiger partial charge in [-0.25, -0.2) is 4.90 Å². The maximum Gasteiger partial charge on any atom is 0.256 e. The van der Waals surface area contributed by atoms with Crippen molar-refractivity contribution >= 4 is 50.7 Å². The van der Waals surface area contributed by atoms with Crippen LogP contribution in [0.3, 0.4) is 0 Å². The van der Waals surface area contributed by atoms with Gasteiger partial charge < -0.3 is 10.1 Å². The van der Waals surface area contributed by atoms with Crippen molar-refractivity contribution in [3.63, 3.8) is 0 Å². The monoisotopic (exact) mass is 408 g/mol. The molecule has 1 atom stereocenters. The summed E-state index contributed by atoms with van der Waals surface area (Å²) in [4.78, 5) is 26.0. The van der Waals surface area contributed by atoms with E-state index in [4.69, 9.17) is 16.3 Å². The normalized spacial score (nSPS) is 17.3. The molecule has 1 aliphatic heterocycles. The molecule has 0 unspecified atom stereocenters. The highest BCUT2D eigenvalue weighted by Gasteiger charge is 2.39. The van der Waals surface area contributed by atoms with Crippen molar-refractivity contribution in [1.82, 2.24) is 0 Å². The molecule has 0 aromatic heterocycles. The van der Waals surface area contributed by atoms with Crippen LogP contribution in [0.4, 0.5) is 11.4 Å². The van der Waals surface area contributed by atoms with Gasteiger partial charge in [-0.2, -0.15) is 0 Å². The Kier molecular flexibility index (Phi) is 4.78. The summed E-state index contributed by atoms with van der Waals surface area (Å²) in [6, 6.07) is 11.5. The van der Waals surface area contributed by atoms with Crippen LogP contribution < -0.4 is 15.0 Å². The van der Waals surface area contributed by atoms with Gasteiger partial charge in [-0.15, -0.1) is 0 Å². The molecule has 5 nitrogen and oxygen atoms in total. The van der Waals surface area contributed by atoms with Crippen LogP contribution in [0.25, 0.3) is 0 Å². The largest absolute Gasteiger partial charge is 0.495 e. The maximum atomic E-state index is 12.6. The lowest BCUT2D eigenvalue weighted by Gasteiger charge is -2.16. The number of carbonyl (C=O) groups is 2. The molecular formula is C17H14BrClN2O3. The van der Waals surface area contributed by atoms with Gasteiger partial charge in [-0.1, -0.05) is 27.5 Å². The van der Waals surface area contributed by atoms with Gasteiger partial charge in [0, 0.05) is 10.2 Å². The summed E-state index contributed by atoms with van der Waals surface area (Å²) < 4.78 is 5.98. The van der Waals surface area contributed by atoms with Crippen LogP contribution in [-0.2, 0) is 9.59 Å². The number of amides is 2. The van der Waals surface area contributed by atoms with E-state index in [0.717, 1.165) is 4.47 Å². The zero-order valence-corrected chi connectivity index (χ0v) is 15.1.